The Hall–Kier alpha value is -6.10. The minimum absolute atomic E-state index is 0.0245. The van der Waals surface area contributed by atoms with Gasteiger partial charge in [-0.1, -0.05) is 89.0 Å². The van der Waals surface area contributed by atoms with Crippen LogP contribution in [0.15, 0.2) is 54.6 Å². The van der Waals surface area contributed by atoms with Gasteiger partial charge in [0.2, 0.25) is 23.6 Å². The van der Waals surface area contributed by atoms with Crippen LogP contribution in [-0.2, 0) is 89.2 Å². The molecule has 21 nitrogen and oxygen atoms in total. The van der Waals surface area contributed by atoms with Crippen molar-refractivity contribution in [3.63, 3.8) is 0 Å². The Bertz CT molecular complexity index is 2610. The molecule has 0 spiro atoms. The van der Waals surface area contributed by atoms with Gasteiger partial charge in [0.1, 0.15) is 35.6 Å². The predicted molar refractivity (Wildman–Crippen MR) is 330 cm³/mol. The second-order valence-electron chi connectivity index (χ2n) is 24.2. The molecule has 0 radical (unpaired) electrons. The Kier molecular flexibility index (Phi) is 33.1. The highest BCUT2D eigenvalue weighted by molar-refractivity contribution is 6.32. The van der Waals surface area contributed by atoms with Crippen LogP contribution in [0.5, 0.6) is 5.75 Å². The van der Waals surface area contributed by atoms with Gasteiger partial charge in [0.15, 0.2) is 11.9 Å². The fourth-order valence-electron chi connectivity index (χ4n) is 9.96. The maximum Gasteiger partial charge on any atom is 0.347 e. The molecule has 1 fully saturated rings. The van der Waals surface area contributed by atoms with Crippen molar-refractivity contribution in [1.29, 1.82) is 0 Å². The topological polar surface area (TPSA) is 279 Å². The molecule has 1 saturated heterocycles. The lowest BCUT2D eigenvalue weighted by Crippen LogP contribution is -2.51. The number of Topliss-reactive ketones (excluding diaryl/α,β-unsaturated/α-hetero) is 3. The summed E-state index contributed by atoms with van der Waals surface area (Å²) in [5.41, 5.74) is 1.10. The lowest BCUT2D eigenvalue weighted by Gasteiger charge is -2.29. The molecule has 490 valence electrons. The molecule has 8 atom stereocenters. The van der Waals surface area contributed by atoms with Crippen molar-refractivity contribution in [1.82, 2.24) is 21.3 Å². The number of hydrogen-bond acceptors (Lipinski definition) is 17. The maximum absolute atomic E-state index is 14.1. The molecule has 0 aromatic heterocycles. The largest absolute Gasteiger partial charge is 0.495 e. The third-order valence-electron chi connectivity index (χ3n) is 15.4. The van der Waals surface area contributed by atoms with Crippen molar-refractivity contribution in [2.45, 2.75) is 175 Å². The SMILES string of the molecule is COCCOCCOCCOCCC(=O)NCCCC[C@H](CC(=O)[C@@H](NC(=O)CCCC(C)=O)C(C)C)C(=O)CCc1ccc([C@H]2O[C@@H]2[C@@H](C)[C@@H]2C/C=C/C(=O)N[C@H](Cc3ccc(OC)c(Cl)c3)C(=O)NCC(C)(C)C(=O)O[C@@H](CC(C)C)C(=O)O2)cc1. The van der Waals surface area contributed by atoms with Crippen molar-refractivity contribution < 1.29 is 81.0 Å². The van der Waals surface area contributed by atoms with Gasteiger partial charge in [-0.25, -0.2) is 4.79 Å². The van der Waals surface area contributed by atoms with E-state index in [2.05, 4.69) is 21.3 Å². The van der Waals surface area contributed by atoms with Crippen LogP contribution in [0.25, 0.3) is 0 Å². The Morgan fingerprint density at radius 1 is 0.773 bits per heavy atom. The molecule has 0 bridgehead atoms. The fourth-order valence-corrected chi connectivity index (χ4v) is 10.2. The number of halogens is 1. The molecule has 22 heteroatoms. The zero-order valence-corrected chi connectivity index (χ0v) is 54.1. The minimum atomic E-state index is -1.29. The van der Waals surface area contributed by atoms with Gasteiger partial charge >= 0.3 is 11.9 Å². The van der Waals surface area contributed by atoms with E-state index in [-0.39, 0.29) is 112 Å². The molecular formula is C66H97ClN4O17. The molecule has 2 aromatic carbocycles. The second kappa shape index (κ2) is 39.1. The summed E-state index contributed by atoms with van der Waals surface area (Å²) in [6, 6.07) is 10.9. The van der Waals surface area contributed by atoms with Crippen LogP contribution in [-0.4, -0.2) is 157 Å². The van der Waals surface area contributed by atoms with E-state index in [4.69, 9.17) is 49.5 Å². The van der Waals surface area contributed by atoms with Gasteiger partial charge in [-0.05, 0) is 99.6 Å². The number of epoxide rings is 1. The number of benzene rings is 2. The summed E-state index contributed by atoms with van der Waals surface area (Å²) >= 11 is 6.40. The number of hydrogen-bond donors (Lipinski definition) is 4. The number of rotatable bonds is 38. The minimum Gasteiger partial charge on any atom is -0.495 e. The molecular weight excluding hydrogens is 1160 g/mol. The van der Waals surface area contributed by atoms with Gasteiger partial charge in [0.25, 0.3) is 0 Å². The summed E-state index contributed by atoms with van der Waals surface area (Å²) in [7, 11) is 3.09. The van der Waals surface area contributed by atoms with Crippen molar-refractivity contribution in [2.75, 3.05) is 73.6 Å². The Balaban J connectivity index is 1.42. The average Bonchev–Trinajstić information content (AvgIpc) is 3.00. The van der Waals surface area contributed by atoms with Crippen LogP contribution < -0.4 is 26.0 Å². The van der Waals surface area contributed by atoms with Crippen LogP contribution in [0.1, 0.15) is 149 Å². The van der Waals surface area contributed by atoms with Crippen LogP contribution in [0.3, 0.4) is 0 Å². The molecule has 0 unspecified atom stereocenters. The van der Waals surface area contributed by atoms with Gasteiger partial charge in [0, 0.05) is 77.0 Å². The van der Waals surface area contributed by atoms with Crippen LogP contribution >= 0.6 is 11.6 Å². The van der Waals surface area contributed by atoms with E-state index < -0.39 is 71.4 Å². The number of methoxy groups -OCH3 is 2. The Morgan fingerprint density at radius 2 is 1.44 bits per heavy atom. The van der Waals surface area contributed by atoms with Crippen LogP contribution in [0.2, 0.25) is 5.02 Å². The molecule has 2 aliphatic heterocycles. The highest BCUT2D eigenvalue weighted by atomic mass is 35.5. The van der Waals surface area contributed by atoms with E-state index in [0.29, 0.717) is 94.6 Å². The van der Waals surface area contributed by atoms with Gasteiger partial charge in [-0.3, -0.25) is 33.6 Å². The lowest BCUT2D eigenvalue weighted by molar-refractivity contribution is -0.179. The first kappa shape index (κ1) is 74.4. The molecule has 4 amide bonds. The van der Waals surface area contributed by atoms with Crippen molar-refractivity contribution in [2.24, 2.45) is 29.1 Å². The first-order valence-electron chi connectivity index (χ1n) is 31.0. The number of nitrogens with one attached hydrogen (secondary N) is 4. The number of carbonyl (C=O) groups is 9. The molecule has 4 rings (SSSR count). The summed E-state index contributed by atoms with van der Waals surface area (Å²) in [5, 5.41) is 11.6. The van der Waals surface area contributed by atoms with Crippen molar-refractivity contribution >= 4 is 64.5 Å². The van der Waals surface area contributed by atoms with E-state index in [1.165, 1.54) is 20.1 Å². The summed E-state index contributed by atoms with van der Waals surface area (Å²) in [4.78, 5) is 120. The molecule has 2 heterocycles. The van der Waals surface area contributed by atoms with Gasteiger partial charge < -0.3 is 64.0 Å². The van der Waals surface area contributed by atoms with Crippen LogP contribution in [0.4, 0.5) is 0 Å². The van der Waals surface area contributed by atoms with E-state index in [1.807, 2.05) is 58.9 Å². The summed E-state index contributed by atoms with van der Waals surface area (Å²) < 4.78 is 44.9. The summed E-state index contributed by atoms with van der Waals surface area (Å²) in [6.07, 6.45) is 3.23. The third-order valence-corrected chi connectivity index (χ3v) is 15.7. The van der Waals surface area contributed by atoms with E-state index in [9.17, 15) is 43.2 Å². The normalized spacial score (nSPS) is 20.4. The zero-order chi connectivity index (χ0) is 64.8. The fraction of sp³-hybridized carbons (Fsp3) is 0.652. The highest BCUT2D eigenvalue weighted by Crippen LogP contribution is 2.45. The standard InChI is InChI=1S/C66H97ClN4O17/c1-42(2)37-56-64(79)86-54(17-14-19-58(76)70-51(39-47-23-27-55(82-10)50(67)38-47)63(78)69-41-66(7,8)65(80)87-56)45(6)61-62(88-61)48-24-20-46(21-25-48)22-26-52(73)49(40-53(74)60(43(3)4)71-59(77)18-13-15-44(5)72)16-11-12-29-68-57(75)28-30-83-33-34-85-36-35-84-32-31-81-9/h14,19-21,23-25,27,38,42-43,45,49,51,54,56,60-62H,11-13,15-18,22,26,28-37,39-41H2,1-10H3,(H,68,75)(H,69,78)(H,70,76)(H,71,77)/b19-14+/t45-,49+,51+,54-,56-,60-,61+,62+/m0/s1. The second-order valence-corrected chi connectivity index (χ2v) is 24.6. The number of cyclic esters (lactones) is 2. The maximum atomic E-state index is 14.1. The monoisotopic (exact) mass is 1250 g/mol. The first-order chi connectivity index (χ1) is 41.9. The van der Waals surface area contributed by atoms with Crippen molar-refractivity contribution in [3.05, 3.63) is 76.3 Å². The Morgan fingerprint density at radius 3 is 2.08 bits per heavy atom. The smallest absolute Gasteiger partial charge is 0.347 e. The zero-order valence-electron chi connectivity index (χ0n) is 53.3. The van der Waals surface area contributed by atoms with Gasteiger partial charge in [-0.15, -0.1) is 0 Å². The van der Waals surface area contributed by atoms with Crippen LogP contribution in [0, 0.1) is 29.1 Å². The summed E-state index contributed by atoms with van der Waals surface area (Å²) in [5.74, 6) is -4.36. The number of esters is 2. The molecule has 0 aliphatic carbocycles. The number of aryl methyl sites for hydroxylation is 1. The number of ketones is 3. The number of unbranched alkanes of at least 4 members (excludes halogenated alkanes) is 1. The molecule has 88 heavy (non-hydrogen) atoms. The lowest BCUT2D eigenvalue weighted by atomic mass is 9.85. The quantitative estimate of drug-likeness (QED) is 0.0288. The molecule has 2 aromatic rings. The average molecular weight is 1250 g/mol. The number of carbonyl (C=O) groups excluding carboxylic acids is 9. The predicted octanol–water partition coefficient (Wildman–Crippen LogP) is 7.47. The molecule has 2 aliphatic rings. The van der Waals surface area contributed by atoms with Crippen molar-refractivity contribution in [3.8, 4) is 5.75 Å². The number of ether oxygens (including phenoxy) is 8. The Labute approximate surface area is 524 Å². The summed E-state index contributed by atoms with van der Waals surface area (Å²) in [6.45, 7) is 17.0. The van der Waals surface area contributed by atoms with Gasteiger partial charge in [0.05, 0.1) is 75.9 Å². The molecule has 0 saturated carbocycles. The van der Waals surface area contributed by atoms with E-state index >= 15 is 0 Å². The van der Waals surface area contributed by atoms with Gasteiger partial charge in [-0.2, -0.15) is 0 Å². The molecule has 4 N–H and O–H groups in total. The number of amides is 4. The first-order valence-corrected chi connectivity index (χ1v) is 31.4. The highest BCUT2D eigenvalue weighted by Gasteiger charge is 2.48. The van der Waals surface area contributed by atoms with E-state index in [1.54, 1.807) is 45.2 Å². The third kappa shape index (κ3) is 27.3. The van der Waals surface area contributed by atoms with E-state index in [0.717, 1.165) is 11.1 Å².